The standard InChI is InChI=1S/C21H31NO4S/c1-15(6-5-9-21(23)22-24)27-14-18-17(19-10-11-20(18)26-19)13-25-12-16-7-3-2-4-8-16/h2-4,7-8,15,17-20,24H,5-6,9-14H2,1H3,(H,22,23). The Morgan fingerprint density at radius 2 is 2.04 bits per heavy atom. The van der Waals surface area contributed by atoms with Gasteiger partial charge in [-0.1, -0.05) is 37.3 Å². The first-order chi connectivity index (χ1) is 13.2. The average Bonchev–Trinajstić information content (AvgIpc) is 3.29. The SMILES string of the molecule is CC(CCCC(=O)NO)SCC1C2CCC(O2)C1COCc1ccccc1. The highest BCUT2D eigenvalue weighted by Crippen LogP contribution is 2.45. The van der Waals surface area contributed by atoms with Crippen molar-refractivity contribution in [3.63, 3.8) is 0 Å². The number of nitrogens with one attached hydrogen (secondary N) is 1. The second-order valence-electron chi connectivity index (χ2n) is 7.69. The van der Waals surface area contributed by atoms with Crippen molar-refractivity contribution in [3.05, 3.63) is 35.9 Å². The molecule has 1 aromatic carbocycles. The summed E-state index contributed by atoms with van der Waals surface area (Å²) >= 11 is 1.98. The van der Waals surface area contributed by atoms with Gasteiger partial charge >= 0.3 is 0 Å². The molecular formula is C21H31NO4S. The van der Waals surface area contributed by atoms with Crippen molar-refractivity contribution in [2.24, 2.45) is 11.8 Å². The summed E-state index contributed by atoms with van der Waals surface area (Å²) in [4.78, 5) is 11.1. The molecule has 0 saturated carbocycles. The van der Waals surface area contributed by atoms with Crippen molar-refractivity contribution in [1.29, 1.82) is 0 Å². The third kappa shape index (κ3) is 5.95. The molecule has 6 heteroatoms. The fourth-order valence-electron chi connectivity index (χ4n) is 4.18. The van der Waals surface area contributed by atoms with Crippen molar-refractivity contribution in [3.8, 4) is 0 Å². The fourth-order valence-corrected chi connectivity index (χ4v) is 5.53. The normalized spacial score (nSPS) is 27.6. The first kappa shape index (κ1) is 20.6. The van der Waals surface area contributed by atoms with E-state index >= 15 is 0 Å². The van der Waals surface area contributed by atoms with Crippen LogP contribution >= 0.6 is 11.8 Å². The summed E-state index contributed by atoms with van der Waals surface area (Å²) in [6, 6.07) is 10.3. The van der Waals surface area contributed by atoms with Gasteiger partial charge in [-0.15, -0.1) is 0 Å². The number of amides is 1. The third-order valence-electron chi connectivity index (χ3n) is 5.72. The van der Waals surface area contributed by atoms with Gasteiger partial charge in [-0.3, -0.25) is 10.0 Å². The Kier molecular flexibility index (Phi) is 8.00. The molecule has 0 aliphatic carbocycles. The van der Waals surface area contributed by atoms with Crippen molar-refractivity contribution in [2.45, 2.75) is 63.1 Å². The topological polar surface area (TPSA) is 67.8 Å². The Balaban J connectivity index is 1.40. The molecule has 2 bridgehead atoms. The van der Waals surface area contributed by atoms with Gasteiger partial charge in [-0.05, 0) is 37.0 Å². The number of hydrogen-bond donors (Lipinski definition) is 2. The molecule has 1 amide bonds. The van der Waals surface area contributed by atoms with Crippen molar-refractivity contribution in [2.75, 3.05) is 12.4 Å². The lowest BCUT2D eigenvalue weighted by atomic mass is 9.81. The maximum atomic E-state index is 11.1. The van der Waals surface area contributed by atoms with Crippen LogP contribution in [0.5, 0.6) is 0 Å². The highest BCUT2D eigenvalue weighted by molar-refractivity contribution is 7.99. The maximum absolute atomic E-state index is 11.1. The van der Waals surface area contributed by atoms with Crippen molar-refractivity contribution in [1.82, 2.24) is 5.48 Å². The smallest absolute Gasteiger partial charge is 0.243 e. The summed E-state index contributed by atoms with van der Waals surface area (Å²) in [5, 5.41) is 9.05. The van der Waals surface area contributed by atoms with Gasteiger partial charge in [-0.2, -0.15) is 11.8 Å². The lowest BCUT2D eigenvalue weighted by molar-refractivity contribution is -0.129. The second-order valence-corrected chi connectivity index (χ2v) is 9.16. The van der Waals surface area contributed by atoms with Crippen LogP contribution in [0.15, 0.2) is 30.3 Å². The molecule has 2 fully saturated rings. The Bertz CT molecular complexity index is 585. The Labute approximate surface area is 166 Å². The van der Waals surface area contributed by atoms with Crippen LogP contribution in [-0.2, 0) is 20.9 Å². The van der Waals surface area contributed by atoms with E-state index in [4.69, 9.17) is 14.7 Å². The van der Waals surface area contributed by atoms with Gasteiger partial charge in [0.05, 0.1) is 25.4 Å². The van der Waals surface area contributed by atoms with Crippen LogP contribution in [0.25, 0.3) is 0 Å². The quantitative estimate of drug-likeness (QED) is 0.442. The minimum Gasteiger partial charge on any atom is -0.376 e. The average molecular weight is 394 g/mol. The number of ether oxygens (including phenoxy) is 2. The number of carbonyl (C=O) groups is 1. The van der Waals surface area contributed by atoms with Crippen molar-refractivity contribution >= 4 is 17.7 Å². The number of carbonyl (C=O) groups excluding carboxylic acids is 1. The minimum atomic E-state index is -0.302. The third-order valence-corrected chi connectivity index (χ3v) is 7.11. The van der Waals surface area contributed by atoms with E-state index in [1.807, 2.05) is 30.0 Å². The predicted molar refractivity (Wildman–Crippen MR) is 107 cm³/mol. The Morgan fingerprint density at radius 3 is 2.78 bits per heavy atom. The van der Waals surface area contributed by atoms with Gasteiger partial charge in [0.2, 0.25) is 5.91 Å². The number of rotatable bonds is 11. The zero-order valence-electron chi connectivity index (χ0n) is 16.0. The van der Waals surface area contributed by atoms with Gasteiger partial charge in [0.15, 0.2) is 0 Å². The molecule has 1 aromatic rings. The van der Waals surface area contributed by atoms with Gasteiger partial charge in [-0.25, -0.2) is 5.48 Å². The lowest BCUT2D eigenvalue weighted by Gasteiger charge is -2.28. The molecule has 2 heterocycles. The zero-order chi connectivity index (χ0) is 19.1. The number of hydroxylamine groups is 1. The lowest BCUT2D eigenvalue weighted by Crippen LogP contribution is -2.32. The largest absolute Gasteiger partial charge is 0.376 e. The van der Waals surface area contributed by atoms with Crippen LogP contribution < -0.4 is 5.48 Å². The summed E-state index contributed by atoms with van der Waals surface area (Å²) < 4.78 is 12.2. The van der Waals surface area contributed by atoms with Gasteiger partial charge in [0, 0.05) is 23.5 Å². The van der Waals surface area contributed by atoms with E-state index in [9.17, 15) is 4.79 Å². The van der Waals surface area contributed by atoms with Crippen molar-refractivity contribution < 1.29 is 19.5 Å². The molecule has 0 spiro atoms. The van der Waals surface area contributed by atoms with E-state index in [1.54, 1.807) is 5.48 Å². The molecule has 5 unspecified atom stereocenters. The van der Waals surface area contributed by atoms with Gasteiger partial charge < -0.3 is 9.47 Å². The molecule has 27 heavy (non-hydrogen) atoms. The number of fused-ring (bicyclic) bond motifs is 2. The highest BCUT2D eigenvalue weighted by Gasteiger charge is 2.48. The van der Waals surface area contributed by atoms with Crippen LogP contribution in [0.3, 0.4) is 0 Å². The zero-order valence-corrected chi connectivity index (χ0v) is 16.8. The summed E-state index contributed by atoms with van der Waals surface area (Å²) in [5.41, 5.74) is 2.91. The molecule has 150 valence electrons. The molecule has 5 nitrogen and oxygen atoms in total. The predicted octanol–water partition coefficient (Wildman–Crippen LogP) is 3.79. The highest BCUT2D eigenvalue weighted by atomic mass is 32.2. The summed E-state index contributed by atoms with van der Waals surface area (Å²) in [7, 11) is 0. The van der Waals surface area contributed by atoms with E-state index < -0.39 is 0 Å². The molecule has 2 N–H and O–H groups in total. The summed E-state index contributed by atoms with van der Waals surface area (Å²) in [5.74, 6) is 1.85. The Morgan fingerprint density at radius 1 is 1.30 bits per heavy atom. The Hall–Kier alpha value is -1.08. The van der Waals surface area contributed by atoms with Crippen LogP contribution in [0, 0.1) is 11.8 Å². The molecule has 2 saturated heterocycles. The van der Waals surface area contributed by atoms with E-state index in [-0.39, 0.29) is 5.91 Å². The summed E-state index contributed by atoms with van der Waals surface area (Å²) in [6.07, 6.45) is 5.26. The van der Waals surface area contributed by atoms with Crippen LogP contribution in [-0.4, -0.2) is 40.9 Å². The maximum Gasteiger partial charge on any atom is 0.243 e. The molecular weight excluding hydrogens is 362 g/mol. The van der Waals surface area contributed by atoms with E-state index in [0.29, 0.717) is 42.3 Å². The molecule has 0 aromatic heterocycles. The fraction of sp³-hybridized carbons (Fsp3) is 0.667. The van der Waals surface area contributed by atoms with Gasteiger partial charge in [0.1, 0.15) is 0 Å². The number of thioether (sulfide) groups is 1. The number of benzene rings is 1. The molecule has 2 aliphatic rings. The molecule has 5 atom stereocenters. The van der Waals surface area contributed by atoms with Crippen LogP contribution in [0.2, 0.25) is 0 Å². The van der Waals surface area contributed by atoms with Crippen LogP contribution in [0.1, 0.15) is 44.6 Å². The molecule has 3 rings (SSSR count). The number of hydrogen-bond acceptors (Lipinski definition) is 5. The van der Waals surface area contributed by atoms with E-state index in [2.05, 4.69) is 19.1 Å². The van der Waals surface area contributed by atoms with Crippen LogP contribution in [0.4, 0.5) is 0 Å². The monoisotopic (exact) mass is 393 g/mol. The first-order valence-electron chi connectivity index (χ1n) is 9.99. The van der Waals surface area contributed by atoms with E-state index in [1.165, 1.54) is 12.0 Å². The van der Waals surface area contributed by atoms with E-state index in [0.717, 1.165) is 31.6 Å². The first-order valence-corrected chi connectivity index (χ1v) is 11.0. The minimum absolute atomic E-state index is 0.302. The second kappa shape index (κ2) is 10.5. The molecule has 2 aliphatic heterocycles. The summed E-state index contributed by atoms with van der Waals surface area (Å²) in [6.45, 7) is 3.65. The molecule has 0 radical (unpaired) electrons. The van der Waals surface area contributed by atoms with Gasteiger partial charge in [0.25, 0.3) is 0 Å².